The molecule has 8 nitrogen and oxygen atoms in total. The van der Waals surface area contributed by atoms with E-state index < -0.39 is 23.7 Å². The van der Waals surface area contributed by atoms with Gasteiger partial charge in [0.15, 0.2) is 5.96 Å². The summed E-state index contributed by atoms with van der Waals surface area (Å²) in [7, 11) is 1.56. The average molecular weight is 342 g/mol. The summed E-state index contributed by atoms with van der Waals surface area (Å²) in [6.07, 6.45) is -0.619. The molecule has 0 spiro atoms. The van der Waals surface area contributed by atoms with Gasteiger partial charge in [0, 0.05) is 18.3 Å². The summed E-state index contributed by atoms with van der Waals surface area (Å²) >= 11 is 1.34. The van der Waals surface area contributed by atoms with Gasteiger partial charge in [-0.1, -0.05) is 0 Å². The fourth-order valence-electron chi connectivity index (χ4n) is 1.59. The monoisotopic (exact) mass is 342 g/mol. The number of nitrogens with two attached hydrogens (primary N) is 1. The summed E-state index contributed by atoms with van der Waals surface area (Å²) < 4.78 is 5.07. The van der Waals surface area contributed by atoms with Crippen LogP contribution in [0.25, 0.3) is 0 Å². The number of nitrogens with one attached hydrogen (secondary N) is 2. The summed E-state index contributed by atoms with van der Waals surface area (Å²) in [6, 6.07) is 2.46. The van der Waals surface area contributed by atoms with Crippen LogP contribution in [-0.2, 0) is 16.0 Å². The van der Waals surface area contributed by atoms with Crippen molar-refractivity contribution in [2.24, 2.45) is 10.7 Å². The topological polar surface area (TPSA) is 126 Å². The Labute approximate surface area is 138 Å². The Balaban J connectivity index is 2.70. The van der Waals surface area contributed by atoms with Crippen LogP contribution in [0.5, 0.6) is 0 Å². The van der Waals surface area contributed by atoms with E-state index in [0.29, 0.717) is 0 Å². The van der Waals surface area contributed by atoms with Gasteiger partial charge in [-0.25, -0.2) is 9.59 Å². The molecule has 9 heteroatoms. The number of hydrogen-bond acceptors (Lipinski definition) is 5. The molecule has 0 fully saturated rings. The second-order valence-electron chi connectivity index (χ2n) is 5.74. The molecule has 0 aliphatic rings. The van der Waals surface area contributed by atoms with Crippen molar-refractivity contribution in [1.29, 1.82) is 0 Å². The van der Waals surface area contributed by atoms with Gasteiger partial charge in [-0.05, 0) is 32.9 Å². The molecule has 1 rings (SSSR count). The van der Waals surface area contributed by atoms with Crippen molar-refractivity contribution >= 4 is 34.4 Å². The number of nitrogens with zero attached hydrogens (tertiary/aromatic N) is 1. The first-order chi connectivity index (χ1) is 10.6. The fourth-order valence-corrected chi connectivity index (χ4v) is 2.55. The number of guanidine groups is 1. The van der Waals surface area contributed by atoms with Crippen LogP contribution in [0.1, 0.15) is 25.6 Å². The zero-order valence-electron chi connectivity index (χ0n) is 13.5. The molecule has 1 heterocycles. The molecule has 23 heavy (non-hydrogen) atoms. The molecule has 1 aromatic heterocycles. The molecule has 5 N–H and O–H groups in total. The van der Waals surface area contributed by atoms with Gasteiger partial charge in [-0.15, -0.1) is 11.3 Å². The normalized spacial score (nSPS) is 13.3. The summed E-state index contributed by atoms with van der Waals surface area (Å²) in [6.45, 7) is 5.12. The number of carbonyl (C=O) groups excluding carboxylic acids is 1. The molecule has 1 aromatic rings. The van der Waals surface area contributed by atoms with Gasteiger partial charge in [0.05, 0.1) is 5.00 Å². The Morgan fingerprint density at radius 2 is 2.09 bits per heavy atom. The number of aliphatic carboxylic acids is 1. The van der Waals surface area contributed by atoms with E-state index >= 15 is 0 Å². The van der Waals surface area contributed by atoms with E-state index in [2.05, 4.69) is 15.6 Å². The number of thiophene rings is 1. The van der Waals surface area contributed by atoms with Crippen molar-refractivity contribution in [3.63, 3.8) is 0 Å². The highest BCUT2D eigenvalue weighted by Gasteiger charge is 2.24. The number of rotatable bonds is 5. The number of hydrogen-bond donors (Lipinski definition) is 4. The molecule has 1 amide bonds. The molecule has 0 radical (unpaired) electrons. The zero-order chi connectivity index (χ0) is 17.6. The lowest BCUT2D eigenvalue weighted by Gasteiger charge is -2.21. The lowest BCUT2D eigenvalue weighted by molar-refractivity contribution is -0.139. The maximum atomic E-state index is 11.7. The van der Waals surface area contributed by atoms with E-state index in [1.165, 1.54) is 11.3 Å². The van der Waals surface area contributed by atoms with Crippen LogP contribution in [0, 0.1) is 0 Å². The van der Waals surface area contributed by atoms with E-state index in [0.717, 1.165) is 9.88 Å². The Kier molecular flexibility index (Phi) is 6.38. The molecule has 1 unspecified atom stereocenters. The van der Waals surface area contributed by atoms with Gasteiger partial charge in [-0.3, -0.25) is 4.99 Å². The standard InChI is InChI=1S/C14H22N4O4S/c1-14(2,3)22-13(21)17-9(11(19)20)7-8-5-6-10(23-8)18-12(15)16-4/h5-6,9H,7H2,1-4H3,(H,17,21)(H,19,20)(H3,15,16,18). The lowest BCUT2D eigenvalue weighted by atomic mass is 10.2. The largest absolute Gasteiger partial charge is 0.480 e. The minimum atomic E-state index is -1.13. The average Bonchev–Trinajstić information content (AvgIpc) is 2.82. The molecule has 0 aliphatic carbocycles. The van der Waals surface area contributed by atoms with Gasteiger partial charge in [0.2, 0.25) is 0 Å². The Morgan fingerprint density at radius 3 is 2.61 bits per heavy atom. The Morgan fingerprint density at radius 1 is 1.43 bits per heavy atom. The summed E-state index contributed by atoms with van der Waals surface area (Å²) in [4.78, 5) is 27.6. The van der Waals surface area contributed by atoms with E-state index in [1.54, 1.807) is 40.0 Å². The van der Waals surface area contributed by atoms with Crippen LogP contribution in [0.3, 0.4) is 0 Å². The van der Waals surface area contributed by atoms with Crippen molar-refractivity contribution in [2.75, 3.05) is 12.4 Å². The highest BCUT2D eigenvalue weighted by atomic mass is 32.1. The number of alkyl carbamates (subject to hydrolysis) is 1. The summed E-state index contributed by atoms with van der Waals surface area (Å²) in [5.74, 6) is -0.867. The second-order valence-corrected chi connectivity index (χ2v) is 6.91. The van der Waals surface area contributed by atoms with Crippen LogP contribution in [0.4, 0.5) is 9.80 Å². The zero-order valence-corrected chi connectivity index (χ0v) is 14.4. The molecular weight excluding hydrogens is 320 g/mol. The lowest BCUT2D eigenvalue weighted by Crippen LogP contribution is -2.44. The SMILES string of the molecule is CN=C(N)Nc1ccc(CC(NC(=O)OC(C)(C)C)C(=O)O)s1. The van der Waals surface area contributed by atoms with Gasteiger partial charge in [0.1, 0.15) is 11.6 Å². The van der Waals surface area contributed by atoms with E-state index in [9.17, 15) is 14.7 Å². The molecule has 0 aromatic carbocycles. The van der Waals surface area contributed by atoms with Gasteiger partial charge >= 0.3 is 12.1 Å². The smallest absolute Gasteiger partial charge is 0.408 e. The highest BCUT2D eigenvalue weighted by Crippen LogP contribution is 2.23. The number of amides is 1. The molecule has 0 bridgehead atoms. The fraction of sp³-hybridized carbons (Fsp3) is 0.500. The third kappa shape index (κ3) is 7.00. The second kappa shape index (κ2) is 7.82. The van der Waals surface area contributed by atoms with Crippen molar-refractivity contribution in [3.8, 4) is 0 Å². The van der Waals surface area contributed by atoms with Crippen LogP contribution < -0.4 is 16.4 Å². The first-order valence-electron chi connectivity index (χ1n) is 6.91. The third-order valence-electron chi connectivity index (χ3n) is 2.55. The number of anilines is 1. The first kappa shape index (κ1) is 18.8. The van der Waals surface area contributed by atoms with Crippen LogP contribution in [-0.4, -0.2) is 41.8 Å². The number of carboxylic acid groups (broad SMARTS) is 1. The van der Waals surface area contributed by atoms with E-state index in [4.69, 9.17) is 10.5 Å². The van der Waals surface area contributed by atoms with E-state index in [1.807, 2.05) is 0 Å². The predicted octanol–water partition coefficient (Wildman–Crippen LogP) is 1.62. The third-order valence-corrected chi connectivity index (χ3v) is 3.57. The Bertz CT molecular complexity index is 592. The number of carbonyl (C=O) groups is 2. The van der Waals surface area contributed by atoms with Gasteiger partial charge in [0.25, 0.3) is 0 Å². The summed E-state index contributed by atoms with van der Waals surface area (Å²) in [5.41, 5.74) is 4.88. The summed E-state index contributed by atoms with van der Waals surface area (Å²) in [5, 5.41) is 15.2. The van der Waals surface area contributed by atoms with Gasteiger partial charge in [-0.2, -0.15) is 0 Å². The van der Waals surface area contributed by atoms with Crippen molar-refractivity contribution in [1.82, 2.24) is 5.32 Å². The molecule has 0 saturated heterocycles. The van der Waals surface area contributed by atoms with E-state index in [-0.39, 0.29) is 12.4 Å². The Hall–Kier alpha value is -2.29. The minimum absolute atomic E-state index is 0.143. The maximum Gasteiger partial charge on any atom is 0.408 e. The number of carboxylic acids is 1. The number of ether oxygens (including phenoxy) is 1. The predicted molar refractivity (Wildman–Crippen MR) is 90.0 cm³/mol. The van der Waals surface area contributed by atoms with Crippen molar-refractivity contribution < 1.29 is 19.4 Å². The number of aliphatic imine (C=N–C) groups is 1. The van der Waals surface area contributed by atoms with Crippen LogP contribution >= 0.6 is 11.3 Å². The molecule has 0 aliphatic heterocycles. The molecule has 128 valence electrons. The molecule has 1 atom stereocenters. The minimum Gasteiger partial charge on any atom is -0.480 e. The molecule has 0 saturated carbocycles. The van der Waals surface area contributed by atoms with Gasteiger partial charge < -0.3 is 26.2 Å². The van der Waals surface area contributed by atoms with Crippen molar-refractivity contribution in [3.05, 3.63) is 17.0 Å². The van der Waals surface area contributed by atoms with Crippen LogP contribution in [0.15, 0.2) is 17.1 Å². The quantitative estimate of drug-likeness (QED) is 0.476. The highest BCUT2D eigenvalue weighted by molar-refractivity contribution is 7.16. The molecular formula is C14H22N4O4S. The maximum absolute atomic E-state index is 11.7. The van der Waals surface area contributed by atoms with Crippen molar-refractivity contribution in [2.45, 2.75) is 38.8 Å². The first-order valence-corrected chi connectivity index (χ1v) is 7.72. The van der Waals surface area contributed by atoms with Crippen LogP contribution in [0.2, 0.25) is 0 Å².